The number of nitrogens with one attached hydrogen (secondary N) is 1. The molecule has 1 amide bonds. The first-order valence-corrected chi connectivity index (χ1v) is 11.8. The van der Waals surface area contributed by atoms with E-state index < -0.39 is 10.0 Å². The molecule has 0 atom stereocenters. The second-order valence-corrected chi connectivity index (χ2v) is 9.83. The van der Waals surface area contributed by atoms with Crippen molar-refractivity contribution in [3.8, 4) is 11.3 Å². The maximum atomic E-state index is 13.0. The van der Waals surface area contributed by atoms with E-state index in [0.29, 0.717) is 32.4 Å². The van der Waals surface area contributed by atoms with Gasteiger partial charge in [0.25, 0.3) is 0 Å². The molecule has 1 aliphatic rings. The van der Waals surface area contributed by atoms with E-state index in [1.54, 1.807) is 30.1 Å². The number of aromatic nitrogens is 2. The Kier molecular flexibility index (Phi) is 5.93. The van der Waals surface area contributed by atoms with E-state index >= 15 is 0 Å². The van der Waals surface area contributed by atoms with E-state index in [1.165, 1.54) is 11.2 Å². The van der Waals surface area contributed by atoms with Crippen molar-refractivity contribution >= 4 is 21.6 Å². The molecule has 0 spiro atoms. The SMILES string of the molecule is CC(=O)N1CCc2cc(S(=O)(=O)N(C)CCCc3cc(-c4ccccc4)n[nH]3)ccc21. The van der Waals surface area contributed by atoms with Gasteiger partial charge in [0.05, 0.1) is 10.6 Å². The van der Waals surface area contributed by atoms with E-state index in [1.807, 2.05) is 36.4 Å². The normalized spacial score (nSPS) is 13.6. The first kappa shape index (κ1) is 21.3. The molecule has 0 aliphatic carbocycles. The van der Waals surface area contributed by atoms with Gasteiger partial charge in [0.15, 0.2) is 0 Å². The molecule has 162 valence electrons. The van der Waals surface area contributed by atoms with Crippen molar-refractivity contribution in [1.29, 1.82) is 0 Å². The summed E-state index contributed by atoms with van der Waals surface area (Å²) in [6.07, 6.45) is 2.05. The third-order valence-corrected chi connectivity index (χ3v) is 7.51. The van der Waals surface area contributed by atoms with Gasteiger partial charge in [-0.2, -0.15) is 5.10 Å². The monoisotopic (exact) mass is 438 g/mol. The summed E-state index contributed by atoms with van der Waals surface area (Å²) in [6.45, 7) is 2.52. The van der Waals surface area contributed by atoms with Crippen molar-refractivity contribution < 1.29 is 13.2 Å². The number of nitrogens with zero attached hydrogens (tertiary/aromatic N) is 3. The Hall–Kier alpha value is -2.97. The zero-order chi connectivity index (χ0) is 22.0. The van der Waals surface area contributed by atoms with Gasteiger partial charge in [-0.15, -0.1) is 0 Å². The predicted molar refractivity (Wildman–Crippen MR) is 120 cm³/mol. The number of H-pyrrole nitrogens is 1. The minimum absolute atomic E-state index is 0.0271. The van der Waals surface area contributed by atoms with Crippen LogP contribution in [0.15, 0.2) is 59.5 Å². The fourth-order valence-corrected chi connectivity index (χ4v) is 5.16. The van der Waals surface area contributed by atoms with Crippen LogP contribution in [-0.4, -0.2) is 49.0 Å². The zero-order valence-electron chi connectivity index (χ0n) is 17.7. The zero-order valence-corrected chi connectivity index (χ0v) is 18.5. The molecule has 0 radical (unpaired) electrons. The summed E-state index contributed by atoms with van der Waals surface area (Å²) < 4.78 is 27.4. The van der Waals surface area contributed by atoms with Crippen LogP contribution in [-0.2, 0) is 27.7 Å². The Morgan fingerprint density at radius 2 is 1.94 bits per heavy atom. The summed E-state index contributed by atoms with van der Waals surface area (Å²) in [5, 5.41) is 7.39. The summed E-state index contributed by atoms with van der Waals surface area (Å²) in [6, 6.07) is 17.0. The van der Waals surface area contributed by atoms with E-state index in [-0.39, 0.29) is 10.8 Å². The number of anilines is 1. The fraction of sp³-hybridized carbons (Fsp3) is 0.304. The van der Waals surface area contributed by atoms with Crippen LogP contribution >= 0.6 is 0 Å². The lowest BCUT2D eigenvalue weighted by Gasteiger charge is -2.18. The van der Waals surface area contributed by atoms with Crippen LogP contribution in [0.5, 0.6) is 0 Å². The van der Waals surface area contributed by atoms with Crippen molar-refractivity contribution in [1.82, 2.24) is 14.5 Å². The Bertz CT molecular complexity index is 1190. The average Bonchev–Trinajstić information content (AvgIpc) is 3.41. The first-order chi connectivity index (χ1) is 14.9. The van der Waals surface area contributed by atoms with Gasteiger partial charge in [-0.3, -0.25) is 9.89 Å². The molecule has 0 saturated heterocycles. The summed E-state index contributed by atoms with van der Waals surface area (Å²) in [5.41, 5.74) is 4.61. The molecule has 0 bridgehead atoms. The lowest BCUT2D eigenvalue weighted by Crippen LogP contribution is -2.28. The molecule has 7 nitrogen and oxygen atoms in total. The number of aryl methyl sites for hydroxylation is 1. The van der Waals surface area contributed by atoms with Crippen molar-refractivity contribution in [3.63, 3.8) is 0 Å². The van der Waals surface area contributed by atoms with Crippen LogP contribution in [0.1, 0.15) is 24.6 Å². The minimum atomic E-state index is -3.59. The Morgan fingerprint density at radius 3 is 2.68 bits per heavy atom. The van der Waals surface area contributed by atoms with Crippen molar-refractivity contribution in [2.45, 2.75) is 31.1 Å². The number of sulfonamides is 1. The van der Waals surface area contributed by atoms with Gasteiger partial charge in [-0.05, 0) is 49.1 Å². The van der Waals surface area contributed by atoms with E-state index in [2.05, 4.69) is 10.2 Å². The van der Waals surface area contributed by atoms with Gasteiger partial charge in [0.1, 0.15) is 0 Å². The predicted octanol–water partition coefficient (Wildman–Crippen LogP) is 3.24. The van der Waals surface area contributed by atoms with Crippen LogP contribution in [0.25, 0.3) is 11.3 Å². The third kappa shape index (κ3) is 4.40. The van der Waals surface area contributed by atoms with Crippen LogP contribution in [0.4, 0.5) is 5.69 Å². The van der Waals surface area contributed by atoms with E-state index in [4.69, 9.17) is 0 Å². The molecule has 3 aromatic rings. The summed E-state index contributed by atoms with van der Waals surface area (Å²) in [4.78, 5) is 13.7. The molecule has 1 aromatic heterocycles. The second-order valence-electron chi connectivity index (χ2n) is 7.79. The van der Waals surface area contributed by atoms with Gasteiger partial charge < -0.3 is 4.90 Å². The minimum Gasteiger partial charge on any atom is -0.312 e. The lowest BCUT2D eigenvalue weighted by atomic mass is 10.1. The quantitative estimate of drug-likeness (QED) is 0.614. The number of carbonyl (C=O) groups is 1. The molecule has 1 N–H and O–H groups in total. The van der Waals surface area contributed by atoms with Crippen LogP contribution in [0, 0.1) is 0 Å². The first-order valence-electron chi connectivity index (χ1n) is 10.3. The highest BCUT2D eigenvalue weighted by Gasteiger charge is 2.26. The second kappa shape index (κ2) is 8.64. The standard InChI is InChI=1S/C23H26N4O3S/c1-17(28)27-14-12-19-15-21(10-11-23(19)27)31(29,30)26(2)13-6-9-20-16-22(25-24-20)18-7-4-3-5-8-18/h3-5,7-8,10-11,15-16H,6,9,12-14H2,1-2H3,(H,24,25). The largest absolute Gasteiger partial charge is 0.312 e. The van der Waals surface area contributed by atoms with Crippen LogP contribution in [0.2, 0.25) is 0 Å². The number of amides is 1. The van der Waals surface area contributed by atoms with Crippen LogP contribution < -0.4 is 4.90 Å². The maximum Gasteiger partial charge on any atom is 0.242 e. The van der Waals surface area contributed by atoms with Crippen LogP contribution in [0.3, 0.4) is 0 Å². The van der Waals surface area contributed by atoms with Crippen molar-refractivity contribution in [2.24, 2.45) is 0 Å². The smallest absolute Gasteiger partial charge is 0.242 e. The van der Waals surface area contributed by atoms with E-state index in [9.17, 15) is 13.2 Å². The average molecular weight is 439 g/mol. The Balaban J connectivity index is 1.38. The molecule has 8 heteroatoms. The number of fused-ring (bicyclic) bond motifs is 1. The molecule has 1 aliphatic heterocycles. The molecular formula is C23H26N4O3S. The molecular weight excluding hydrogens is 412 g/mol. The Morgan fingerprint density at radius 1 is 1.16 bits per heavy atom. The van der Waals surface area contributed by atoms with Gasteiger partial charge in [0, 0.05) is 44.0 Å². The van der Waals surface area contributed by atoms with Gasteiger partial charge >= 0.3 is 0 Å². The molecule has 0 fully saturated rings. The number of carbonyl (C=O) groups excluding carboxylic acids is 1. The molecule has 0 saturated carbocycles. The maximum absolute atomic E-state index is 13.0. The van der Waals surface area contributed by atoms with Gasteiger partial charge in [-0.1, -0.05) is 30.3 Å². The number of hydrogen-bond acceptors (Lipinski definition) is 4. The van der Waals surface area contributed by atoms with Gasteiger partial charge in [0.2, 0.25) is 15.9 Å². The third-order valence-electron chi connectivity index (χ3n) is 5.65. The molecule has 0 unspecified atom stereocenters. The molecule has 2 heterocycles. The Labute approximate surface area is 182 Å². The highest BCUT2D eigenvalue weighted by molar-refractivity contribution is 7.89. The topological polar surface area (TPSA) is 86.4 Å². The number of benzene rings is 2. The highest BCUT2D eigenvalue weighted by Crippen LogP contribution is 2.31. The highest BCUT2D eigenvalue weighted by atomic mass is 32.2. The number of hydrogen-bond donors (Lipinski definition) is 1. The summed E-state index contributed by atoms with van der Waals surface area (Å²) >= 11 is 0. The lowest BCUT2D eigenvalue weighted by molar-refractivity contribution is -0.116. The molecule has 2 aromatic carbocycles. The molecule has 4 rings (SSSR count). The molecule has 31 heavy (non-hydrogen) atoms. The summed E-state index contributed by atoms with van der Waals surface area (Å²) in [5.74, 6) is -0.0271. The number of rotatable bonds is 7. The van der Waals surface area contributed by atoms with Gasteiger partial charge in [-0.25, -0.2) is 12.7 Å². The van der Waals surface area contributed by atoms with Crippen molar-refractivity contribution in [3.05, 3.63) is 65.9 Å². The number of aromatic amines is 1. The summed E-state index contributed by atoms with van der Waals surface area (Å²) in [7, 11) is -1.98. The van der Waals surface area contributed by atoms with Crippen molar-refractivity contribution in [2.75, 3.05) is 25.0 Å². The van der Waals surface area contributed by atoms with E-state index in [0.717, 1.165) is 28.2 Å². The fourth-order valence-electron chi connectivity index (χ4n) is 3.90.